The molecule has 0 aliphatic heterocycles. The van der Waals surface area contributed by atoms with E-state index in [1.807, 2.05) is 30.3 Å². The van der Waals surface area contributed by atoms with Crippen LogP contribution in [-0.4, -0.2) is 15.7 Å². The average molecular weight is 232 g/mol. The molecule has 17 heavy (non-hydrogen) atoms. The molecule has 0 radical (unpaired) electrons. The molecule has 0 aromatic heterocycles. The fraction of sp³-hybridized carbons (Fsp3) is 0.143. The summed E-state index contributed by atoms with van der Waals surface area (Å²) in [7, 11) is 0. The topological polar surface area (TPSA) is 72.0 Å². The van der Waals surface area contributed by atoms with Crippen LogP contribution in [0.15, 0.2) is 48.5 Å². The van der Waals surface area contributed by atoms with Crippen LogP contribution in [0, 0.1) is 0 Å². The van der Waals surface area contributed by atoms with Crippen LogP contribution in [0.2, 0.25) is 0 Å². The molecule has 2 aromatic carbocycles. The van der Waals surface area contributed by atoms with E-state index in [1.54, 1.807) is 18.2 Å². The summed E-state index contributed by atoms with van der Waals surface area (Å²) in [5.41, 5.74) is 1.82. The zero-order valence-electron chi connectivity index (χ0n) is 9.43. The quantitative estimate of drug-likeness (QED) is 0.850. The van der Waals surface area contributed by atoms with E-state index >= 15 is 0 Å². The average Bonchev–Trinajstić information content (AvgIpc) is 2.30. The molecule has 0 bridgehead atoms. The maximum atomic E-state index is 9.61. The summed E-state index contributed by atoms with van der Waals surface area (Å²) < 4.78 is 0. The van der Waals surface area contributed by atoms with E-state index in [9.17, 15) is 10.2 Å². The van der Waals surface area contributed by atoms with Gasteiger partial charge in [-0.2, -0.15) is 0 Å². The number of hydrogen-bond acceptors (Lipinski definition) is 2. The van der Waals surface area contributed by atoms with Crippen LogP contribution in [0.25, 0.3) is 0 Å². The van der Waals surface area contributed by atoms with Gasteiger partial charge in [0, 0.05) is 5.56 Å². The zero-order chi connectivity index (χ0) is 11.4. The third-order valence-corrected chi connectivity index (χ3v) is 2.63. The second kappa shape index (κ2) is 5.92. The Morgan fingerprint density at radius 3 is 1.88 bits per heavy atom. The van der Waals surface area contributed by atoms with E-state index in [-0.39, 0.29) is 17.0 Å². The first-order chi connectivity index (χ1) is 7.77. The molecule has 0 heterocycles. The van der Waals surface area contributed by atoms with Crippen molar-refractivity contribution in [3.8, 4) is 11.5 Å². The van der Waals surface area contributed by atoms with Gasteiger partial charge in [-0.1, -0.05) is 36.4 Å². The molecule has 0 aliphatic rings. The number of aromatic hydroxyl groups is 2. The molecule has 0 saturated carbocycles. The molecule has 0 unspecified atom stereocenters. The number of aryl methyl sites for hydroxylation is 1. The second-order valence-corrected chi connectivity index (χ2v) is 3.76. The SMILES string of the molecule is O.Oc1cccc(O)c1CCc1ccccc1. The van der Waals surface area contributed by atoms with Crippen molar-refractivity contribution in [2.45, 2.75) is 12.8 Å². The molecule has 2 aromatic rings. The summed E-state index contributed by atoms with van der Waals surface area (Å²) in [6.07, 6.45) is 1.45. The lowest BCUT2D eigenvalue weighted by atomic mass is 10.0. The largest absolute Gasteiger partial charge is 0.508 e. The normalized spacial score (nSPS) is 9.65. The van der Waals surface area contributed by atoms with E-state index in [4.69, 9.17) is 0 Å². The van der Waals surface area contributed by atoms with Crippen LogP contribution < -0.4 is 0 Å². The van der Waals surface area contributed by atoms with Gasteiger partial charge in [0.1, 0.15) is 11.5 Å². The first kappa shape index (κ1) is 13.1. The second-order valence-electron chi connectivity index (χ2n) is 3.76. The standard InChI is InChI=1S/C14H14O2.H2O/c15-13-7-4-8-14(16)12(13)10-9-11-5-2-1-3-6-11;/h1-8,15-16H,9-10H2;1H2. The Hall–Kier alpha value is -2.00. The highest BCUT2D eigenvalue weighted by Gasteiger charge is 2.06. The first-order valence-corrected chi connectivity index (χ1v) is 5.31. The van der Waals surface area contributed by atoms with Crippen LogP contribution in [0.3, 0.4) is 0 Å². The highest BCUT2D eigenvalue weighted by molar-refractivity contribution is 5.43. The Labute approximate surface area is 100 Å². The van der Waals surface area contributed by atoms with Crippen molar-refractivity contribution in [1.29, 1.82) is 0 Å². The van der Waals surface area contributed by atoms with Gasteiger partial charge in [-0.05, 0) is 30.5 Å². The molecule has 3 nitrogen and oxygen atoms in total. The molecule has 0 amide bonds. The monoisotopic (exact) mass is 232 g/mol. The Morgan fingerprint density at radius 1 is 0.706 bits per heavy atom. The minimum atomic E-state index is 0. The van der Waals surface area contributed by atoms with Crippen LogP contribution >= 0.6 is 0 Å². The van der Waals surface area contributed by atoms with Crippen molar-refractivity contribution in [1.82, 2.24) is 0 Å². The van der Waals surface area contributed by atoms with Crippen molar-refractivity contribution in [3.63, 3.8) is 0 Å². The van der Waals surface area contributed by atoms with E-state index < -0.39 is 0 Å². The van der Waals surface area contributed by atoms with Crippen molar-refractivity contribution in [2.75, 3.05) is 0 Å². The lowest BCUT2D eigenvalue weighted by Gasteiger charge is -2.06. The van der Waals surface area contributed by atoms with Crippen molar-refractivity contribution < 1.29 is 15.7 Å². The van der Waals surface area contributed by atoms with Crippen LogP contribution in [0.4, 0.5) is 0 Å². The number of benzene rings is 2. The van der Waals surface area contributed by atoms with Crippen molar-refractivity contribution in [3.05, 3.63) is 59.7 Å². The number of hydrogen-bond donors (Lipinski definition) is 2. The number of phenols is 2. The summed E-state index contributed by atoms with van der Waals surface area (Å²) in [5, 5.41) is 19.2. The highest BCUT2D eigenvalue weighted by atomic mass is 16.3. The molecule has 2 rings (SSSR count). The molecule has 0 saturated heterocycles. The van der Waals surface area contributed by atoms with Gasteiger partial charge in [-0.3, -0.25) is 0 Å². The van der Waals surface area contributed by atoms with Gasteiger partial charge in [-0.15, -0.1) is 0 Å². The Kier molecular flexibility index (Phi) is 4.55. The predicted octanol–water partition coefficient (Wildman–Crippen LogP) is 2.06. The van der Waals surface area contributed by atoms with Gasteiger partial charge in [0.15, 0.2) is 0 Å². The molecule has 90 valence electrons. The van der Waals surface area contributed by atoms with Crippen molar-refractivity contribution in [2.24, 2.45) is 0 Å². The van der Waals surface area contributed by atoms with Gasteiger partial charge in [0.05, 0.1) is 0 Å². The molecular formula is C14H16O3. The molecule has 3 heteroatoms. The van der Waals surface area contributed by atoms with Crippen molar-refractivity contribution >= 4 is 0 Å². The van der Waals surface area contributed by atoms with Crippen LogP contribution in [-0.2, 0) is 12.8 Å². The Bertz CT molecular complexity index is 446. The van der Waals surface area contributed by atoms with E-state index in [2.05, 4.69) is 0 Å². The number of phenolic OH excluding ortho intramolecular Hbond substituents is 2. The third-order valence-electron chi connectivity index (χ3n) is 2.63. The van der Waals surface area contributed by atoms with Gasteiger partial charge >= 0.3 is 0 Å². The summed E-state index contributed by atoms with van der Waals surface area (Å²) >= 11 is 0. The minimum Gasteiger partial charge on any atom is -0.508 e. The van der Waals surface area contributed by atoms with E-state index in [0.717, 1.165) is 6.42 Å². The van der Waals surface area contributed by atoms with E-state index in [0.29, 0.717) is 12.0 Å². The minimum absolute atomic E-state index is 0. The van der Waals surface area contributed by atoms with Gasteiger partial charge in [0.25, 0.3) is 0 Å². The summed E-state index contributed by atoms with van der Waals surface area (Å²) in [6, 6.07) is 14.9. The fourth-order valence-electron chi connectivity index (χ4n) is 1.73. The zero-order valence-corrected chi connectivity index (χ0v) is 9.43. The first-order valence-electron chi connectivity index (χ1n) is 5.31. The fourth-order valence-corrected chi connectivity index (χ4v) is 1.73. The highest BCUT2D eigenvalue weighted by Crippen LogP contribution is 2.27. The van der Waals surface area contributed by atoms with Gasteiger partial charge in [-0.25, -0.2) is 0 Å². The van der Waals surface area contributed by atoms with Crippen LogP contribution in [0.5, 0.6) is 11.5 Å². The molecule has 0 spiro atoms. The van der Waals surface area contributed by atoms with Gasteiger partial charge < -0.3 is 15.7 Å². The third kappa shape index (κ3) is 3.23. The van der Waals surface area contributed by atoms with Crippen LogP contribution in [0.1, 0.15) is 11.1 Å². The lowest BCUT2D eigenvalue weighted by Crippen LogP contribution is -1.92. The smallest absolute Gasteiger partial charge is 0.122 e. The maximum Gasteiger partial charge on any atom is 0.122 e. The summed E-state index contributed by atoms with van der Waals surface area (Å²) in [5.74, 6) is 0.326. The Balaban J connectivity index is 0.00000144. The summed E-state index contributed by atoms with van der Waals surface area (Å²) in [6.45, 7) is 0. The Morgan fingerprint density at radius 2 is 1.29 bits per heavy atom. The summed E-state index contributed by atoms with van der Waals surface area (Å²) in [4.78, 5) is 0. The predicted molar refractivity (Wildman–Crippen MR) is 67.2 cm³/mol. The maximum absolute atomic E-state index is 9.61. The lowest BCUT2D eigenvalue weighted by molar-refractivity contribution is 0.438. The molecule has 0 aliphatic carbocycles. The van der Waals surface area contributed by atoms with E-state index in [1.165, 1.54) is 5.56 Å². The molecular weight excluding hydrogens is 216 g/mol. The van der Waals surface area contributed by atoms with Gasteiger partial charge in [0.2, 0.25) is 0 Å². The number of rotatable bonds is 3. The molecule has 0 fully saturated rings. The molecule has 4 N–H and O–H groups in total. The molecule has 0 atom stereocenters.